The van der Waals surface area contributed by atoms with Gasteiger partial charge in [0.15, 0.2) is 0 Å². The summed E-state index contributed by atoms with van der Waals surface area (Å²) in [4.78, 5) is 0. The van der Waals surface area contributed by atoms with E-state index in [4.69, 9.17) is 0 Å². The third-order valence-electron chi connectivity index (χ3n) is 2.27. The molecule has 0 aliphatic heterocycles. The van der Waals surface area contributed by atoms with Crippen molar-refractivity contribution in [2.45, 2.75) is 95.9 Å². The first-order chi connectivity index (χ1) is 9.86. The van der Waals surface area contributed by atoms with Gasteiger partial charge in [0, 0.05) is 8.41 Å². The molecule has 0 saturated carbocycles. The minimum absolute atomic E-state index is 0. The molecule has 0 heterocycles. The summed E-state index contributed by atoms with van der Waals surface area (Å²) in [7, 11) is 0. The topological polar surface area (TPSA) is 0 Å². The standard InChI is InChI=1S/C11H16.C4H10.3C2H6.B/c1-8(2)11-7-5-6-9(3)10(11)4;1-4(2)3;3*1-2;/h5-8H,1-4H3;4H,1-3H3;3*1-2H3;. The summed E-state index contributed by atoms with van der Waals surface area (Å²) in [5, 5.41) is 0. The number of aryl methyl sites for hydroxylation is 1. The number of hydrogen-bond donors (Lipinski definition) is 0. The lowest BCUT2D eigenvalue weighted by molar-refractivity contribution is 0.737. The molecule has 0 amide bonds. The molecule has 1 aromatic rings. The van der Waals surface area contributed by atoms with Crippen LogP contribution >= 0.6 is 0 Å². The van der Waals surface area contributed by atoms with Crippen LogP contribution in [0.4, 0.5) is 0 Å². The molecule has 0 unspecified atom stereocenters. The van der Waals surface area contributed by atoms with Crippen molar-refractivity contribution in [3.05, 3.63) is 34.9 Å². The molecule has 131 valence electrons. The smallest absolute Gasteiger partial charge is 0 e. The number of hydrogen-bond acceptors (Lipinski definition) is 0. The van der Waals surface area contributed by atoms with Gasteiger partial charge in [-0.15, -0.1) is 0 Å². The van der Waals surface area contributed by atoms with E-state index < -0.39 is 0 Å². The summed E-state index contributed by atoms with van der Waals surface area (Å²) in [5.74, 6) is 1.48. The number of benzene rings is 1. The van der Waals surface area contributed by atoms with Gasteiger partial charge < -0.3 is 0 Å². The normalized spacial score (nSPS) is 7.77. The van der Waals surface area contributed by atoms with E-state index in [1.165, 1.54) is 16.7 Å². The first-order valence-electron chi connectivity index (χ1n) is 8.92. The average molecular weight is 307 g/mol. The Morgan fingerprint density at radius 3 is 1.23 bits per heavy atom. The molecule has 0 bridgehead atoms. The van der Waals surface area contributed by atoms with Gasteiger partial charge in [0.1, 0.15) is 0 Å². The van der Waals surface area contributed by atoms with E-state index in [1.807, 2.05) is 41.5 Å². The maximum Gasteiger partial charge on any atom is 0 e. The molecule has 1 rings (SSSR count). The molecular weight excluding hydrogens is 263 g/mol. The third kappa shape index (κ3) is 21.6. The molecule has 0 fully saturated rings. The summed E-state index contributed by atoms with van der Waals surface area (Å²) in [6.45, 7) is 27.3. The molecular formula is C21H44B. The molecule has 0 N–H and O–H groups in total. The maximum absolute atomic E-state index is 2.24. The first kappa shape index (κ1) is 33.0. The molecule has 0 aromatic heterocycles. The zero-order valence-corrected chi connectivity index (χ0v) is 18.0. The Morgan fingerprint density at radius 1 is 0.682 bits per heavy atom. The van der Waals surface area contributed by atoms with Crippen molar-refractivity contribution in [1.29, 1.82) is 0 Å². The number of rotatable bonds is 1. The van der Waals surface area contributed by atoms with Gasteiger partial charge >= 0.3 is 0 Å². The average Bonchev–Trinajstić information content (AvgIpc) is 2.47. The van der Waals surface area contributed by atoms with Crippen molar-refractivity contribution in [3.63, 3.8) is 0 Å². The maximum atomic E-state index is 2.24. The molecule has 0 nitrogen and oxygen atoms in total. The zero-order valence-electron chi connectivity index (χ0n) is 18.0. The lowest BCUT2D eigenvalue weighted by Crippen LogP contribution is -1.93. The summed E-state index contributed by atoms with van der Waals surface area (Å²) in [6.07, 6.45) is 0. The van der Waals surface area contributed by atoms with Crippen LogP contribution in [0.15, 0.2) is 18.2 Å². The zero-order chi connectivity index (χ0) is 18.0. The van der Waals surface area contributed by atoms with Gasteiger partial charge in [-0.25, -0.2) is 0 Å². The molecule has 0 aliphatic rings. The van der Waals surface area contributed by atoms with Crippen molar-refractivity contribution in [2.24, 2.45) is 5.92 Å². The molecule has 0 atom stereocenters. The van der Waals surface area contributed by atoms with Crippen LogP contribution in [-0.4, -0.2) is 8.41 Å². The van der Waals surface area contributed by atoms with E-state index in [0.717, 1.165) is 5.92 Å². The highest BCUT2D eigenvalue weighted by atomic mass is 14.1. The highest BCUT2D eigenvalue weighted by Gasteiger charge is 2.03. The summed E-state index contributed by atoms with van der Waals surface area (Å²) in [6, 6.07) is 6.52. The second kappa shape index (κ2) is 25.3. The first-order valence-corrected chi connectivity index (χ1v) is 8.92. The molecule has 0 aliphatic carbocycles. The van der Waals surface area contributed by atoms with E-state index in [9.17, 15) is 0 Å². The van der Waals surface area contributed by atoms with Crippen LogP contribution in [0.25, 0.3) is 0 Å². The summed E-state index contributed by atoms with van der Waals surface area (Å²) in [5.41, 5.74) is 4.32. The second-order valence-electron chi connectivity index (χ2n) is 5.18. The van der Waals surface area contributed by atoms with Gasteiger partial charge in [0.05, 0.1) is 0 Å². The minimum Gasteiger partial charge on any atom is -0.0683 e. The fraction of sp³-hybridized carbons (Fsp3) is 0.714. The van der Waals surface area contributed by atoms with Crippen molar-refractivity contribution >= 4 is 8.41 Å². The Bertz CT molecular complexity index is 285. The Hall–Kier alpha value is -0.715. The lowest BCUT2D eigenvalue weighted by Gasteiger charge is -2.10. The van der Waals surface area contributed by atoms with Crippen LogP contribution in [0.1, 0.15) is 98.8 Å². The predicted molar refractivity (Wildman–Crippen MR) is 110 cm³/mol. The SMILES string of the molecule is CC.CC.CC.CC(C)C.Cc1cccc(C(C)C)c1C.[B]. The molecule has 3 radical (unpaired) electrons. The van der Waals surface area contributed by atoms with Crippen molar-refractivity contribution < 1.29 is 0 Å². The van der Waals surface area contributed by atoms with Crippen molar-refractivity contribution in [2.75, 3.05) is 0 Å². The molecule has 1 aromatic carbocycles. The third-order valence-corrected chi connectivity index (χ3v) is 2.27. The van der Waals surface area contributed by atoms with Gasteiger partial charge in [-0.3, -0.25) is 0 Å². The van der Waals surface area contributed by atoms with E-state index in [-0.39, 0.29) is 8.41 Å². The molecule has 22 heavy (non-hydrogen) atoms. The molecule has 1 heteroatoms. The van der Waals surface area contributed by atoms with Crippen LogP contribution in [0.2, 0.25) is 0 Å². The Labute approximate surface area is 145 Å². The Balaban J connectivity index is -0.0000000746. The second-order valence-corrected chi connectivity index (χ2v) is 5.18. The summed E-state index contributed by atoms with van der Waals surface area (Å²) >= 11 is 0. The Morgan fingerprint density at radius 2 is 1.00 bits per heavy atom. The molecule has 0 saturated heterocycles. The van der Waals surface area contributed by atoms with Gasteiger partial charge in [-0.05, 0) is 42.4 Å². The quantitative estimate of drug-likeness (QED) is 0.464. The largest absolute Gasteiger partial charge is 0.0683 e. The van der Waals surface area contributed by atoms with Crippen molar-refractivity contribution in [3.8, 4) is 0 Å². The predicted octanol–water partition coefficient (Wildman–Crippen LogP) is 7.79. The Kier molecular flexibility index (Phi) is 37.9. The fourth-order valence-electron chi connectivity index (χ4n) is 1.40. The van der Waals surface area contributed by atoms with Gasteiger partial charge in [0.2, 0.25) is 0 Å². The highest BCUT2D eigenvalue weighted by Crippen LogP contribution is 2.20. The minimum atomic E-state index is 0. The van der Waals surface area contributed by atoms with Crippen LogP contribution in [0, 0.1) is 19.8 Å². The fourth-order valence-corrected chi connectivity index (χ4v) is 1.40. The lowest BCUT2D eigenvalue weighted by atomic mass is 9.95. The van der Waals surface area contributed by atoms with E-state index in [1.54, 1.807) is 0 Å². The van der Waals surface area contributed by atoms with Crippen LogP contribution < -0.4 is 0 Å². The van der Waals surface area contributed by atoms with E-state index in [2.05, 4.69) is 66.7 Å². The highest BCUT2D eigenvalue weighted by molar-refractivity contribution is 5.75. The van der Waals surface area contributed by atoms with E-state index in [0.29, 0.717) is 5.92 Å². The van der Waals surface area contributed by atoms with E-state index >= 15 is 0 Å². The monoisotopic (exact) mass is 307 g/mol. The van der Waals surface area contributed by atoms with Crippen molar-refractivity contribution in [1.82, 2.24) is 0 Å². The van der Waals surface area contributed by atoms with Crippen LogP contribution in [0.3, 0.4) is 0 Å². The molecule has 0 spiro atoms. The van der Waals surface area contributed by atoms with Gasteiger partial charge in [-0.1, -0.05) is 94.4 Å². The van der Waals surface area contributed by atoms with Gasteiger partial charge in [-0.2, -0.15) is 0 Å². The van der Waals surface area contributed by atoms with Crippen LogP contribution in [-0.2, 0) is 0 Å². The van der Waals surface area contributed by atoms with Gasteiger partial charge in [0.25, 0.3) is 0 Å². The summed E-state index contributed by atoms with van der Waals surface area (Å²) < 4.78 is 0. The van der Waals surface area contributed by atoms with Crippen LogP contribution in [0.5, 0.6) is 0 Å².